The van der Waals surface area contributed by atoms with Crippen LogP contribution in [-0.4, -0.2) is 33.5 Å². The smallest absolute Gasteiger partial charge is 0.139 e. The molecule has 0 aromatic heterocycles. The molecule has 0 saturated heterocycles. The molecule has 0 fully saturated rings. The van der Waals surface area contributed by atoms with Crippen molar-refractivity contribution >= 4 is 23.2 Å². The van der Waals surface area contributed by atoms with Crippen molar-refractivity contribution in [2.24, 2.45) is 0 Å². The minimum Gasteiger partial charge on any atom is -0.490 e. The Morgan fingerprint density at radius 1 is 1.06 bits per heavy atom. The molecular weight excluding hydrogens is 263 g/mol. The van der Waals surface area contributed by atoms with Crippen molar-refractivity contribution in [3.63, 3.8) is 0 Å². The monoisotopic (exact) mass is 278 g/mol. The third kappa shape index (κ3) is 6.13. The van der Waals surface area contributed by atoms with Gasteiger partial charge in [-0.15, -0.1) is 0 Å². The Labute approximate surface area is 112 Å². The van der Waals surface area contributed by atoms with E-state index < -0.39 is 0 Å². The molecule has 0 radical (unpaired) electrons. The van der Waals surface area contributed by atoms with Crippen molar-refractivity contribution in [1.29, 1.82) is 0 Å². The van der Waals surface area contributed by atoms with Crippen molar-refractivity contribution in [3.05, 3.63) is 28.2 Å². The molecule has 0 N–H and O–H groups in total. The van der Waals surface area contributed by atoms with Gasteiger partial charge in [-0.1, -0.05) is 23.2 Å². The third-order valence-corrected chi connectivity index (χ3v) is 2.56. The molecule has 0 spiro atoms. The normalized spacial score (nSPS) is 10.5. The summed E-state index contributed by atoms with van der Waals surface area (Å²) in [5, 5.41) is 1.15. The molecule has 0 aliphatic rings. The highest BCUT2D eigenvalue weighted by atomic mass is 35.5. The highest BCUT2D eigenvalue weighted by molar-refractivity contribution is 6.34. The number of halogens is 2. The van der Waals surface area contributed by atoms with Gasteiger partial charge in [0.15, 0.2) is 0 Å². The van der Waals surface area contributed by atoms with Crippen molar-refractivity contribution in [2.75, 3.05) is 33.5 Å². The molecule has 5 heteroatoms. The maximum absolute atomic E-state index is 5.94. The predicted molar refractivity (Wildman–Crippen MR) is 69.3 cm³/mol. The average molecular weight is 279 g/mol. The second kappa shape index (κ2) is 8.59. The van der Waals surface area contributed by atoms with E-state index in [1.807, 2.05) is 0 Å². The van der Waals surface area contributed by atoms with Gasteiger partial charge in [0.05, 0.1) is 11.6 Å². The summed E-state index contributed by atoms with van der Waals surface area (Å²) in [4.78, 5) is 0. The second-order valence-electron chi connectivity index (χ2n) is 3.38. The molecule has 0 bridgehead atoms. The van der Waals surface area contributed by atoms with Crippen LogP contribution in [0.4, 0.5) is 0 Å². The maximum Gasteiger partial charge on any atom is 0.139 e. The van der Waals surface area contributed by atoms with Gasteiger partial charge >= 0.3 is 0 Å². The molecule has 3 nitrogen and oxygen atoms in total. The molecule has 1 rings (SSSR count). The van der Waals surface area contributed by atoms with Gasteiger partial charge in [0.25, 0.3) is 0 Å². The number of hydrogen-bond donors (Lipinski definition) is 0. The molecule has 0 atom stereocenters. The van der Waals surface area contributed by atoms with Crippen molar-refractivity contribution < 1.29 is 14.2 Å². The van der Waals surface area contributed by atoms with Crippen LogP contribution < -0.4 is 4.74 Å². The molecule has 0 aliphatic heterocycles. The minimum atomic E-state index is 0.451. The van der Waals surface area contributed by atoms with Crippen LogP contribution in [0, 0.1) is 0 Å². The van der Waals surface area contributed by atoms with E-state index in [-0.39, 0.29) is 0 Å². The fourth-order valence-corrected chi connectivity index (χ4v) is 1.54. The van der Waals surface area contributed by atoms with Gasteiger partial charge in [0.1, 0.15) is 12.4 Å². The van der Waals surface area contributed by atoms with Crippen LogP contribution >= 0.6 is 23.2 Å². The van der Waals surface area contributed by atoms with Crippen molar-refractivity contribution in [3.8, 4) is 5.75 Å². The highest BCUT2D eigenvalue weighted by Gasteiger charge is 2.02. The van der Waals surface area contributed by atoms with Crippen LogP contribution in [0.2, 0.25) is 10.0 Å². The third-order valence-electron chi connectivity index (χ3n) is 2.02. The van der Waals surface area contributed by atoms with Crippen LogP contribution in [-0.2, 0) is 9.47 Å². The molecule has 1 aromatic carbocycles. The first-order valence-corrected chi connectivity index (χ1v) is 6.14. The van der Waals surface area contributed by atoms with E-state index in [4.69, 9.17) is 37.4 Å². The molecule has 1 aromatic rings. The SMILES string of the molecule is COCCCOCCOc1cc(Cl)ccc1Cl. The van der Waals surface area contributed by atoms with Crippen LogP contribution in [0.5, 0.6) is 5.75 Å². The Morgan fingerprint density at radius 2 is 1.88 bits per heavy atom. The molecule has 96 valence electrons. The minimum absolute atomic E-state index is 0.451. The largest absolute Gasteiger partial charge is 0.490 e. The Morgan fingerprint density at radius 3 is 2.65 bits per heavy atom. The molecular formula is C12H16Cl2O3. The van der Waals surface area contributed by atoms with Crippen LogP contribution in [0.15, 0.2) is 18.2 Å². The van der Waals surface area contributed by atoms with E-state index in [9.17, 15) is 0 Å². The fraction of sp³-hybridized carbons (Fsp3) is 0.500. The van der Waals surface area contributed by atoms with E-state index >= 15 is 0 Å². The van der Waals surface area contributed by atoms with Crippen LogP contribution in [0.3, 0.4) is 0 Å². The Bertz CT molecular complexity index is 332. The molecule has 17 heavy (non-hydrogen) atoms. The standard InChI is InChI=1S/C12H16Cl2O3/c1-15-5-2-6-16-7-8-17-12-9-10(13)3-4-11(12)14/h3-4,9H,2,5-8H2,1H3. The molecule has 0 heterocycles. The second-order valence-corrected chi connectivity index (χ2v) is 4.23. The number of hydrogen-bond acceptors (Lipinski definition) is 3. The summed E-state index contributed by atoms with van der Waals surface area (Å²) >= 11 is 11.8. The van der Waals surface area contributed by atoms with E-state index in [0.717, 1.165) is 6.42 Å². The lowest BCUT2D eigenvalue weighted by Crippen LogP contribution is -2.08. The predicted octanol–water partition coefficient (Wildman–Crippen LogP) is 3.43. The van der Waals surface area contributed by atoms with Gasteiger partial charge in [0, 0.05) is 31.4 Å². The average Bonchev–Trinajstić information content (AvgIpc) is 2.32. The summed E-state index contributed by atoms with van der Waals surface area (Å²) in [6.07, 6.45) is 0.883. The maximum atomic E-state index is 5.94. The number of ether oxygens (including phenoxy) is 3. The lowest BCUT2D eigenvalue weighted by atomic mass is 10.3. The van der Waals surface area contributed by atoms with Crippen LogP contribution in [0.25, 0.3) is 0 Å². The molecule has 0 unspecified atom stereocenters. The first kappa shape index (κ1) is 14.6. The van der Waals surface area contributed by atoms with E-state index in [0.29, 0.717) is 42.2 Å². The Balaban J connectivity index is 2.15. The summed E-state index contributed by atoms with van der Waals surface area (Å²) in [5.41, 5.74) is 0. The highest BCUT2D eigenvalue weighted by Crippen LogP contribution is 2.27. The lowest BCUT2D eigenvalue weighted by Gasteiger charge is -2.08. The quantitative estimate of drug-likeness (QED) is 0.682. The first-order chi connectivity index (χ1) is 8.24. The molecule has 0 aliphatic carbocycles. The Hall–Kier alpha value is -0.480. The lowest BCUT2D eigenvalue weighted by molar-refractivity contribution is 0.0807. The fourth-order valence-electron chi connectivity index (χ4n) is 1.21. The zero-order chi connectivity index (χ0) is 12.5. The van der Waals surface area contributed by atoms with Gasteiger partial charge in [-0.25, -0.2) is 0 Å². The Kier molecular flexibility index (Phi) is 7.37. The van der Waals surface area contributed by atoms with Crippen molar-refractivity contribution in [1.82, 2.24) is 0 Å². The summed E-state index contributed by atoms with van der Waals surface area (Å²) < 4.78 is 15.7. The molecule has 0 saturated carbocycles. The number of methoxy groups -OCH3 is 1. The van der Waals surface area contributed by atoms with Gasteiger partial charge in [-0.3, -0.25) is 0 Å². The van der Waals surface area contributed by atoms with Gasteiger partial charge in [0.2, 0.25) is 0 Å². The van der Waals surface area contributed by atoms with Crippen LogP contribution in [0.1, 0.15) is 6.42 Å². The summed E-state index contributed by atoms with van der Waals surface area (Å²) in [6.45, 7) is 2.35. The zero-order valence-electron chi connectivity index (χ0n) is 9.75. The number of rotatable bonds is 8. The number of benzene rings is 1. The van der Waals surface area contributed by atoms with E-state index in [2.05, 4.69) is 0 Å². The van der Waals surface area contributed by atoms with E-state index in [1.165, 1.54) is 0 Å². The van der Waals surface area contributed by atoms with Gasteiger partial charge < -0.3 is 14.2 Å². The van der Waals surface area contributed by atoms with Gasteiger partial charge in [-0.05, 0) is 18.6 Å². The van der Waals surface area contributed by atoms with Gasteiger partial charge in [-0.2, -0.15) is 0 Å². The first-order valence-electron chi connectivity index (χ1n) is 5.38. The zero-order valence-corrected chi connectivity index (χ0v) is 11.3. The topological polar surface area (TPSA) is 27.7 Å². The van der Waals surface area contributed by atoms with Crippen molar-refractivity contribution in [2.45, 2.75) is 6.42 Å². The summed E-state index contributed by atoms with van der Waals surface area (Å²) in [5.74, 6) is 0.583. The summed E-state index contributed by atoms with van der Waals surface area (Å²) in [6, 6.07) is 5.12. The molecule has 0 amide bonds. The summed E-state index contributed by atoms with van der Waals surface area (Å²) in [7, 11) is 1.67. The van der Waals surface area contributed by atoms with E-state index in [1.54, 1.807) is 25.3 Å².